The molecule has 0 unspecified atom stereocenters. The van der Waals surface area contributed by atoms with Crippen LogP contribution >= 0.6 is 27.5 Å². The molecule has 0 aliphatic heterocycles. The fourth-order valence-electron chi connectivity index (χ4n) is 1.82. The average molecular weight is 363 g/mol. The van der Waals surface area contributed by atoms with Gasteiger partial charge in [-0.15, -0.1) is 0 Å². The van der Waals surface area contributed by atoms with Crippen LogP contribution in [0.5, 0.6) is 0 Å². The molecule has 0 amide bonds. The second-order valence-electron chi connectivity index (χ2n) is 4.21. The lowest BCUT2D eigenvalue weighted by atomic mass is 10.3. The Labute approximate surface area is 130 Å². The van der Waals surface area contributed by atoms with Gasteiger partial charge >= 0.3 is 0 Å². The summed E-state index contributed by atoms with van der Waals surface area (Å²) in [5, 5.41) is 3.47. The zero-order valence-corrected chi connectivity index (χ0v) is 13.4. The fraction of sp³-hybridized carbons (Fsp3) is 0.308. The maximum atomic E-state index is 13.3. The molecule has 0 atom stereocenters. The summed E-state index contributed by atoms with van der Waals surface area (Å²) in [6, 6.07) is 2.64. The molecule has 20 heavy (non-hydrogen) atoms. The van der Waals surface area contributed by atoms with Crippen LogP contribution in [0, 0.1) is 12.7 Å². The predicted octanol–water partition coefficient (Wildman–Crippen LogP) is 3.79. The second-order valence-corrected chi connectivity index (χ2v) is 5.48. The summed E-state index contributed by atoms with van der Waals surface area (Å²) < 4.78 is 20.7. The lowest BCUT2D eigenvalue weighted by Gasteiger charge is -2.13. The number of hydrogen-bond donors (Lipinski definition) is 1. The molecule has 0 aliphatic carbocycles. The maximum Gasteiger partial charge on any atom is 0.207 e. The van der Waals surface area contributed by atoms with E-state index in [1.807, 2.05) is 13.1 Å². The highest BCUT2D eigenvalue weighted by molar-refractivity contribution is 9.10. The van der Waals surface area contributed by atoms with Crippen LogP contribution in [-0.4, -0.2) is 29.8 Å². The summed E-state index contributed by atoms with van der Waals surface area (Å²) in [4.78, 5) is 4.39. The van der Waals surface area contributed by atoms with Crippen LogP contribution in [0.4, 0.5) is 10.3 Å². The van der Waals surface area contributed by atoms with E-state index in [-0.39, 0.29) is 0 Å². The summed E-state index contributed by atoms with van der Waals surface area (Å²) in [5.74, 6) is 0.241. The van der Waals surface area contributed by atoms with Crippen LogP contribution in [0.25, 0.3) is 5.69 Å². The van der Waals surface area contributed by atoms with Gasteiger partial charge in [0.2, 0.25) is 5.95 Å². The molecule has 0 radical (unpaired) electrons. The van der Waals surface area contributed by atoms with Crippen LogP contribution < -0.4 is 5.32 Å². The molecule has 2 aromatic rings. The zero-order chi connectivity index (χ0) is 14.7. The molecule has 0 aliphatic rings. The van der Waals surface area contributed by atoms with E-state index >= 15 is 0 Å². The minimum Gasteiger partial charge on any atom is -0.383 e. The van der Waals surface area contributed by atoms with E-state index in [2.05, 4.69) is 26.2 Å². The summed E-state index contributed by atoms with van der Waals surface area (Å²) in [7, 11) is 1.63. The van der Waals surface area contributed by atoms with Crippen LogP contribution in [-0.2, 0) is 4.74 Å². The minimum atomic E-state index is -0.392. The number of rotatable bonds is 5. The van der Waals surface area contributed by atoms with Crippen molar-refractivity contribution < 1.29 is 9.13 Å². The Bertz CT molecular complexity index is 595. The van der Waals surface area contributed by atoms with Gasteiger partial charge in [-0.3, -0.25) is 4.57 Å². The van der Waals surface area contributed by atoms with Crippen molar-refractivity contribution in [3.63, 3.8) is 0 Å². The summed E-state index contributed by atoms with van der Waals surface area (Å²) >= 11 is 9.48. The Balaban J connectivity index is 2.42. The molecular weight excluding hydrogens is 349 g/mol. The van der Waals surface area contributed by atoms with E-state index < -0.39 is 5.82 Å². The molecule has 0 fully saturated rings. The number of benzene rings is 1. The normalized spacial score (nSPS) is 10.8. The van der Waals surface area contributed by atoms with Gasteiger partial charge in [0.05, 0.1) is 23.0 Å². The molecule has 1 heterocycles. The SMILES string of the molecule is COCCNc1nc(C)cn1-c1c(Cl)cc(F)cc1Br. The molecule has 0 saturated heterocycles. The van der Waals surface area contributed by atoms with E-state index in [1.165, 1.54) is 12.1 Å². The summed E-state index contributed by atoms with van der Waals surface area (Å²) in [5.41, 5.74) is 1.48. The standard InChI is InChI=1S/C13H14BrClFN3O/c1-8-7-19(13(18-8)17-3-4-20-2)12-10(14)5-9(16)6-11(12)15/h5-7H,3-4H2,1-2H3,(H,17,18). The third-order valence-electron chi connectivity index (χ3n) is 2.64. The number of nitrogens with zero attached hydrogens (tertiary/aromatic N) is 2. The highest BCUT2D eigenvalue weighted by Gasteiger charge is 2.14. The maximum absolute atomic E-state index is 13.3. The molecule has 1 aromatic heterocycles. The van der Waals surface area contributed by atoms with Crippen LogP contribution in [0.15, 0.2) is 22.8 Å². The molecular formula is C13H14BrClFN3O. The number of ether oxygens (including phenoxy) is 1. The van der Waals surface area contributed by atoms with Crippen molar-refractivity contribution in [2.45, 2.75) is 6.92 Å². The molecule has 0 bridgehead atoms. The summed E-state index contributed by atoms with van der Waals surface area (Å²) in [6.45, 7) is 3.05. The summed E-state index contributed by atoms with van der Waals surface area (Å²) in [6.07, 6.45) is 1.83. The second kappa shape index (κ2) is 6.56. The van der Waals surface area contributed by atoms with Gasteiger partial charge in [-0.1, -0.05) is 11.6 Å². The van der Waals surface area contributed by atoms with Gasteiger partial charge in [-0.2, -0.15) is 0 Å². The number of anilines is 1. The minimum absolute atomic E-state index is 0.309. The largest absolute Gasteiger partial charge is 0.383 e. The Morgan fingerprint density at radius 3 is 2.90 bits per heavy atom. The van der Waals surface area contributed by atoms with E-state index in [9.17, 15) is 4.39 Å². The van der Waals surface area contributed by atoms with E-state index in [1.54, 1.807) is 11.7 Å². The first-order chi connectivity index (χ1) is 9.52. The number of halogens is 3. The Morgan fingerprint density at radius 1 is 1.50 bits per heavy atom. The van der Waals surface area contributed by atoms with Crippen molar-refractivity contribution >= 4 is 33.5 Å². The van der Waals surface area contributed by atoms with E-state index in [0.29, 0.717) is 34.3 Å². The van der Waals surface area contributed by atoms with Gasteiger partial charge in [0.15, 0.2) is 0 Å². The number of methoxy groups -OCH3 is 1. The molecule has 1 aromatic carbocycles. The smallest absolute Gasteiger partial charge is 0.207 e. The molecule has 0 saturated carbocycles. The highest BCUT2D eigenvalue weighted by Crippen LogP contribution is 2.32. The van der Waals surface area contributed by atoms with Gasteiger partial charge in [-0.05, 0) is 35.0 Å². The number of aromatic nitrogens is 2. The van der Waals surface area contributed by atoms with Gasteiger partial charge in [0.25, 0.3) is 0 Å². The zero-order valence-electron chi connectivity index (χ0n) is 11.1. The first kappa shape index (κ1) is 15.3. The third kappa shape index (κ3) is 3.31. The van der Waals surface area contributed by atoms with Crippen molar-refractivity contribution in [1.82, 2.24) is 9.55 Å². The van der Waals surface area contributed by atoms with Gasteiger partial charge in [0.1, 0.15) is 5.82 Å². The van der Waals surface area contributed by atoms with Crippen LogP contribution in [0.2, 0.25) is 5.02 Å². The van der Waals surface area contributed by atoms with Crippen LogP contribution in [0.1, 0.15) is 5.69 Å². The Hall–Kier alpha value is -1.11. The Kier molecular flexibility index (Phi) is 5.01. The van der Waals surface area contributed by atoms with Crippen LogP contribution in [0.3, 0.4) is 0 Å². The third-order valence-corrected chi connectivity index (χ3v) is 3.53. The van der Waals surface area contributed by atoms with Gasteiger partial charge in [-0.25, -0.2) is 9.37 Å². The lowest BCUT2D eigenvalue weighted by Crippen LogP contribution is -2.12. The predicted molar refractivity (Wildman–Crippen MR) is 81.3 cm³/mol. The first-order valence-electron chi connectivity index (χ1n) is 5.96. The number of hydrogen-bond acceptors (Lipinski definition) is 3. The van der Waals surface area contributed by atoms with Gasteiger partial charge in [0, 0.05) is 24.3 Å². The quantitative estimate of drug-likeness (QED) is 0.823. The monoisotopic (exact) mass is 361 g/mol. The van der Waals surface area contributed by atoms with Crippen molar-refractivity contribution in [3.8, 4) is 5.69 Å². The fourth-order valence-corrected chi connectivity index (χ4v) is 2.86. The van der Waals surface area contributed by atoms with E-state index in [4.69, 9.17) is 16.3 Å². The number of aryl methyl sites for hydroxylation is 1. The highest BCUT2D eigenvalue weighted by atomic mass is 79.9. The molecule has 0 spiro atoms. The van der Waals surface area contributed by atoms with Crippen molar-refractivity contribution in [2.75, 3.05) is 25.6 Å². The van der Waals surface area contributed by atoms with Crippen molar-refractivity contribution in [3.05, 3.63) is 39.3 Å². The number of nitrogens with one attached hydrogen (secondary N) is 1. The molecule has 7 heteroatoms. The molecule has 4 nitrogen and oxygen atoms in total. The van der Waals surface area contributed by atoms with Gasteiger partial charge < -0.3 is 10.1 Å². The van der Waals surface area contributed by atoms with Crippen molar-refractivity contribution in [1.29, 1.82) is 0 Å². The number of imidazole rings is 1. The lowest BCUT2D eigenvalue weighted by molar-refractivity contribution is 0.210. The topological polar surface area (TPSA) is 39.1 Å². The van der Waals surface area contributed by atoms with E-state index in [0.717, 1.165) is 5.69 Å². The molecule has 108 valence electrons. The first-order valence-corrected chi connectivity index (χ1v) is 7.13. The Morgan fingerprint density at radius 2 is 2.25 bits per heavy atom. The van der Waals surface area contributed by atoms with Crippen molar-refractivity contribution in [2.24, 2.45) is 0 Å². The average Bonchev–Trinajstić information content (AvgIpc) is 2.69. The molecule has 1 N–H and O–H groups in total. The molecule has 2 rings (SSSR count).